The number of hydrogen-bond acceptors (Lipinski definition) is 3. The van der Waals surface area contributed by atoms with Crippen LogP contribution in [0, 0.1) is 17.2 Å². The van der Waals surface area contributed by atoms with Gasteiger partial charge in [0.2, 0.25) is 0 Å². The third-order valence-electron chi connectivity index (χ3n) is 3.16. The van der Waals surface area contributed by atoms with Crippen molar-refractivity contribution in [3.63, 3.8) is 0 Å². The molecule has 0 aliphatic heterocycles. The number of ether oxygens (including phenoxy) is 1. The molecule has 106 valence electrons. The first-order chi connectivity index (χ1) is 8.58. The minimum atomic E-state index is -0.394. The van der Waals surface area contributed by atoms with Crippen LogP contribution in [0.4, 0.5) is 0 Å². The van der Waals surface area contributed by atoms with E-state index in [4.69, 9.17) is 4.74 Å². The maximum absolute atomic E-state index is 9.17. The Hall–Kier alpha value is -0.590. The summed E-state index contributed by atoms with van der Waals surface area (Å²) < 4.78 is 5.66. The van der Waals surface area contributed by atoms with Gasteiger partial charge in [-0.2, -0.15) is 5.26 Å². The largest absolute Gasteiger partial charge is 0.381 e. The van der Waals surface area contributed by atoms with Crippen LogP contribution < -0.4 is 5.32 Å². The Balaban J connectivity index is 3.65. The van der Waals surface area contributed by atoms with Gasteiger partial charge in [-0.1, -0.05) is 27.2 Å². The molecule has 0 saturated heterocycles. The average Bonchev–Trinajstić information content (AvgIpc) is 2.36. The minimum absolute atomic E-state index is 0.394. The third-order valence-corrected chi connectivity index (χ3v) is 3.16. The van der Waals surface area contributed by atoms with E-state index >= 15 is 0 Å². The fourth-order valence-electron chi connectivity index (χ4n) is 1.97. The van der Waals surface area contributed by atoms with E-state index in [0.29, 0.717) is 5.92 Å². The molecule has 0 bridgehead atoms. The van der Waals surface area contributed by atoms with Crippen LogP contribution in [-0.2, 0) is 4.74 Å². The van der Waals surface area contributed by atoms with Crippen LogP contribution >= 0.6 is 0 Å². The van der Waals surface area contributed by atoms with E-state index in [0.717, 1.165) is 39.0 Å². The fourth-order valence-corrected chi connectivity index (χ4v) is 1.97. The molecule has 0 spiro atoms. The summed E-state index contributed by atoms with van der Waals surface area (Å²) in [5, 5.41) is 12.5. The van der Waals surface area contributed by atoms with Gasteiger partial charge >= 0.3 is 0 Å². The number of nitrogens with zero attached hydrogens (tertiary/aromatic N) is 1. The Kier molecular flexibility index (Phi) is 10.0. The van der Waals surface area contributed by atoms with E-state index < -0.39 is 5.54 Å². The predicted octanol–water partition coefficient (Wildman–Crippen LogP) is 3.50. The first-order valence-electron chi connectivity index (χ1n) is 7.32. The summed E-state index contributed by atoms with van der Waals surface area (Å²) in [6.07, 6.45) is 5.31. The van der Waals surface area contributed by atoms with Crippen molar-refractivity contribution in [2.24, 2.45) is 5.92 Å². The van der Waals surface area contributed by atoms with Crippen LogP contribution in [0.2, 0.25) is 0 Å². The molecule has 2 unspecified atom stereocenters. The van der Waals surface area contributed by atoms with Crippen molar-refractivity contribution in [2.75, 3.05) is 19.8 Å². The minimum Gasteiger partial charge on any atom is -0.381 e. The van der Waals surface area contributed by atoms with Crippen molar-refractivity contribution in [3.05, 3.63) is 0 Å². The number of nitriles is 1. The van der Waals surface area contributed by atoms with E-state index in [1.807, 2.05) is 6.92 Å². The van der Waals surface area contributed by atoms with Gasteiger partial charge < -0.3 is 4.74 Å². The highest BCUT2D eigenvalue weighted by Gasteiger charge is 2.21. The van der Waals surface area contributed by atoms with Crippen molar-refractivity contribution in [3.8, 4) is 6.07 Å². The molecule has 3 heteroatoms. The van der Waals surface area contributed by atoms with E-state index in [1.54, 1.807) is 0 Å². The Labute approximate surface area is 113 Å². The molecule has 0 aliphatic carbocycles. The van der Waals surface area contributed by atoms with Gasteiger partial charge in [-0.25, -0.2) is 0 Å². The summed E-state index contributed by atoms with van der Waals surface area (Å²) in [5.74, 6) is 0.649. The van der Waals surface area contributed by atoms with Crippen molar-refractivity contribution < 1.29 is 4.74 Å². The lowest BCUT2D eigenvalue weighted by Gasteiger charge is -2.23. The highest BCUT2D eigenvalue weighted by molar-refractivity contribution is 5.03. The van der Waals surface area contributed by atoms with Crippen LogP contribution in [0.5, 0.6) is 0 Å². The molecule has 0 aromatic carbocycles. The van der Waals surface area contributed by atoms with E-state index in [2.05, 4.69) is 32.2 Å². The Morgan fingerprint density at radius 1 is 1.33 bits per heavy atom. The monoisotopic (exact) mass is 254 g/mol. The van der Waals surface area contributed by atoms with Crippen molar-refractivity contribution >= 4 is 0 Å². The summed E-state index contributed by atoms with van der Waals surface area (Å²) >= 11 is 0. The second kappa shape index (κ2) is 10.3. The maximum atomic E-state index is 9.17. The Bertz CT molecular complexity index is 237. The Morgan fingerprint density at radius 3 is 2.61 bits per heavy atom. The summed E-state index contributed by atoms with van der Waals surface area (Å²) in [6, 6.07) is 2.37. The molecule has 0 rings (SSSR count). The molecule has 0 heterocycles. The van der Waals surface area contributed by atoms with Gasteiger partial charge in [0, 0.05) is 13.2 Å². The summed E-state index contributed by atoms with van der Waals surface area (Å²) in [4.78, 5) is 0. The van der Waals surface area contributed by atoms with Gasteiger partial charge in [-0.3, -0.25) is 5.32 Å². The molecule has 3 nitrogen and oxygen atoms in total. The molecular formula is C15H30N2O. The molecule has 0 radical (unpaired) electrons. The van der Waals surface area contributed by atoms with Gasteiger partial charge in [0.15, 0.2) is 0 Å². The maximum Gasteiger partial charge on any atom is 0.104 e. The molecule has 0 aromatic rings. The zero-order valence-electron chi connectivity index (χ0n) is 12.6. The van der Waals surface area contributed by atoms with Gasteiger partial charge in [0.05, 0.1) is 6.07 Å². The average molecular weight is 254 g/mol. The first-order valence-corrected chi connectivity index (χ1v) is 7.32. The second-order valence-electron chi connectivity index (χ2n) is 5.44. The van der Waals surface area contributed by atoms with Crippen LogP contribution in [0.25, 0.3) is 0 Å². The molecule has 1 N–H and O–H groups in total. The summed E-state index contributed by atoms with van der Waals surface area (Å²) in [6.45, 7) is 11.0. The van der Waals surface area contributed by atoms with Gasteiger partial charge in [-0.15, -0.1) is 0 Å². The van der Waals surface area contributed by atoms with Crippen LogP contribution in [0.1, 0.15) is 59.8 Å². The quantitative estimate of drug-likeness (QED) is 0.574. The highest BCUT2D eigenvalue weighted by Crippen LogP contribution is 2.12. The van der Waals surface area contributed by atoms with Gasteiger partial charge in [0.1, 0.15) is 5.54 Å². The zero-order valence-corrected chi connectivity index (χ0v) is 12.6. The van der Waals surface area contributed by atoms with E-state index in [1.165, 1.54) is 12.8 Å². The number of nitrogens with one attached hydrogen (secondary N) is 1. The fraction of sp³-hybridized carbons (Fsp3) is 0.933. The molecular weight excluding hydrogens is 224 g/mol. The van der Waals surface area contributed by atoms with Crippen molar-refractivity contribution in [1.82, 2.24) is 5.32 Å². The smallest absolute Gasteiger partial charge is 0.104 e. The number of rotatable bonds is 11. The molecule has 0 saturated carbocycles. The molecule has 0 amide bonds. The normalized spacial score (nSPS) is 15.9. The lowest BCUT2D eigenvalue weighted by atomic mass is 9.98. The Morgan fingerprint density at radius 2 is 2.06 bits per heavy atom. The highest BCUT2D eigenvalue weighted by atomic mass is 16.5. The van der Waals surface area contributed by atoms with Crippen molar-refractivity contribution in [1.29, 1.82) is 5.26 Å². The molecule has 0 aromatic heterocycles. The molecule has 18 heavy (non-hydrogen) atoms. The molecule has 0 fully saturated rings. The first kappa shape index (κ1) is 17.4. The lowest BCUT2D eigenvalue weighted by Crippen LogP contribution is -2.41. The lowest BCUT2D eigenvalue weighted by molar-refractivity contribution is 0.0956. The van der Waals surface area contributed by atoms with Gasteiger partial charge in [0.25, 0.3) is 0 Å². The molecule has 0 aliphatic rings. The van der Waals surface area contributed by atoms with Crippen LogP contribution in [-0.4, -0.2) is 25.3 Å². The van der Waals surface area contributed by atoms with Gasteiger partial charge in [-0.05, 0) is 45.1 Å². The second-order valence-corrected chi connectivity index (χ2v) is 5.44. The van der Waals surface area contributed by atoms with Crippen molar-refractivity contribution in [2.45, 2.75) is 65.3 Å². The molecule has 2 atom stereocenters. The third kappa shape index (κ3) is 8.49. The topological polar surface area (TPSA) is 45.0 Å². The van der Waals surface area contributed by atoms with Crippen LogP contribution in [0.3, 0.4) is 0 Å². The summed E-state index contributed by atoms with van der Waals surface area (Å²) in [7, 11) is 0. The number of hydrogen-bond donors (Lipinski definition) is 1. The van der Waals surface area contributed by atoms with E-state index in [9.17, 15) is 5.26 Å². The van der Waals surface area contributed by atoms with Crippen LogP contribution in [0.15, 0.2) is 0 Å². The summed E-state index contributed by atoms with van der Waals surface area (Å²) in [5.41, 5.74) is -0.394. The predicted molar refractivity (Wildman–Crippen MR) is 76.4 cm³/mol. The SMILES string of the molecule is CCCNC(C)(C#N)CCCOCC(C)CCC. The van der Waals surface area contributed by atoms with E-state index in [-0.39, 0.29) is 0 Å². The standard InChI is InChI=1S/C15H30N2O/c1-5-8-14(3)12-18-11-7-9-15(4,13-16)17-10-6-2/h14,17H,5-12H2,1-4H3. The zero-order chi connectivity index (χ0) is 13.9.